The highest BCUT2D eigenvalue weighted by molar-refractivity contribution is 9.08. The minimum Gasteiger partial charge on any atom is -0.388 e. The zero-order chi connectivity index (χ0) is 15.6. The lowest BCUT2D eigenvalue weighted by atomic mass is 10.1. The van der Waals surface area contributed by atoms with Crippen LogP contribution in [0.5, 0.6) is 5.88 Å². The van der Waals surface area contributed by atoms with Gasteiger partial charge in [-0.15, -0.1) is 13.2 Å². The Morgan fingerprint density at radius 2 is 1.85 bits per heavy atom. The summed E-state index contributed by atoms with van der Waals surface area (Å²) in [7, 11) is 0. The monoisotopic (exact) mass is 362 g/mol. The molecule has 0 aliphatic rings. The quantitative estimate of drug-likeness (QED) is 0.603. The van der Waals surface area contributed by atoms with Crippen molar-refractivity contribution in [1.82, 2.24) is 4.98 Å². The molecule has 3 nitrogen and oxygen atoms in total. The van der Waals surface area contributed by atoms with Crippen LogP contribution < -0.4 is 4.74 Å². The summed E-state index contributed by atoms with van der Waals surface area (Å²) in [4.78, 5) is 3.20. The molecular formula is C10H5BrF6N2O. The van der Waals surface area contributed by atoms with Crippen LogP contribution in [0, 0.1) is 11.3 Å². The summed E-state index contributed by atoms with van der Waals surface area (Å²) in [6.45, 7) is 0. The van der Waals surface area contributed by atoms with Crippen molar-refractivity contribution < 1.29 is 31.1 Å². The van der Waals surface area contributed by atoms with Crippen LogP contribution in [-0.4, -0.2) is 11.3 Å². The van der Waals surface area contributed by atoms with Gasteiger partial charge in [0.15, 0.2) is 0 Å². The van der Waals surface area contributed by atoms with E-state index in [-0.39, 0.29) is 0 Å². The van der Waals surface area contributed by atoms with Crippen LogP contribution >= 0.6 is 15.9 Å². The van der Waals surface area contributed by atoms with Gasteiger partial charge in [-0.05, 0) is 6.07 Å². The highest BCUT2D eigenvalue weighted by Crippen LogP contribution is 2.36. The van der Waals surface area contributed by atoms with E-state index in [2.05, 4.69) is 25.7 Å². The van der Waals surface area contributed by atoms with Gasteiger partial charge in [0.1, 0.15) is 0 Å². The standard InChI is InChI=1S/C10H5BrF6N2O/c11-4-7-6(9(12,13)14)3-5(1-2-18)8(19-7)20-10(15,16)17/h3H,1,4H2. The van der Waals surface area contributed by atoms with Crippen LogP contribution in [-0.2, 0) is 17.9 Å². The molecule has 0 atom stereocenters. The maximum atomic E-state index is 12.7. The molecule has 0 fully saturated rings. The molecule has 0 unspecified atom stereocenters. The van der Waals surface area contributed by atoms with Gasteiger partial charge in [-0.2, -0.15) is 18.4 Å². The largest absolute Gasteiger partial charge is 0.574 e. The third kappa shape index (κ3) is 4.26. The zero-order valence-corrected chi connectivity index (χ0v) is 11.0. The first-order valence-electron chi connectivity index (χ1n) is 4.87. The number of nitrogens with zero attached hydrogens (tertiary/aromatic N) is 2. The average Bonchev–Trinajstić information content (AvgIpc) is 2.27. The van der Waals surface area contributed by atoms with E-state index < -0.39 is 47.0 Å². The maximum absolute atomic E-state index is 12.7. The average molecular weight is 363 g/mol. The van der Waals surface area contributed by atoms with Crippen LogP contribution in [0.25, 0.3) is 0 Å². The van der Waals surface area contributed by atoms with E-state index in [1.807, 2.05) is 0 Å². The number of rotatable bonds is 3. The van der Waals surface area contributed by atoms with E-state index in [1.54, 1.807) is 0 Å². The Labute approximate surface area is 117 Å². The highest BCUT2D eigenvalue weighted by atomic mass is 79.9. The van der Waals surface area contributed by atoms with Crippen molar-refractivity contribution in [3.05, 3.63) is 22.9 Å². The molecule has 10 heteroatoms. The molecule has 0 aliphatic carbocycles. The first-order chi connectivity index (χ1) is 9.08. The summed E-state index contributed by atoms with van der Waals surface area (Å²) in [6, 6.07) is 1.90. The number of pyridine rings is 1. The Balaban J connectivity index is 3.42. The molecule has 0 spiro atoms. The lowest BCUT2D eigenvalue weighted by Gasteiger charge is -2.16. The Morgan fingerprint density at radius 1 is 1.25 bits per heavy atom. The summed E-state index contributed by atoms with van der Waals surface area (Å²) in [6.07, 6.45) is -10.6. The van der Waals surface area contributed by atoms with Crippen molar-refractivity contribution in [1.29, 1.82) is 5.26 Å². The van der Waals surface area contributed by atoms with Gasteiger partial charge in [-0.25, -0.2) is 4.98 Å². The first-order valence-corrected chi connectivity index (χ1v) is 5.99. The summed E-state index contributed by atoms with van der Waals surface area (Å²) in [5, 5.41) is 8.04. The number of halogens is 7. The summed E-state index contributed by atoms with van der Waals surface area (Å²) in [5.41, 5.74) is -2.45. The minimum atomic E-state index is -5.11. The van der Waals surface area contributed by atoms with Crippen molar-refractivity contribution in [3.63, 3.8) is 0 Å². The molecule has 1 heterocycles. The predicted octanol–water partition coefficient (Wildman–Crippen LogP) is 3.96. The van der Waals surface area contributed by atoms with Gasteiger partial charge < -0.3 is 4.74 Å². The van der Waals surface area contributed by atoms with Gasteiger partial charge >= 0.3 is 12.5 Å². The molecule has 0 aromatic carbocycles. The molecule has 0 aliphatic heterocycles. The van der Waals surface area contributed by atoms with Gasteiger partial charge in [0.05, 0.1) is 23.7 Å². The van der Waals surface area contributed by atoms with Crippen molar-refractivity contribution in [2.75, 3.05) is 0 Å². The number of ether oxygens (including phenoxy) is 1. The molecule has 1 aromatic heterocycles. The van der Waals surface area contributed by atoms with E-state index >= 15 is 0 Å². The molecule has 1 aromatic rings. The molecule has 0 N–H and O–H groups in total. The van der Waals surface area contributed by atoms with Crippen LogP contribution in [0.15, 0.2) is 6.07 Å². The van der Waals surface area contributed by atoms with Crippen LogP contribution in [0.2, 0.25) is 0 Å². The van der Waals surface area contributed by atoms with Crippen LogP contribution in [0.1, 0.15) is 16.8 Å². The number of hydrogen-bond acceptors (Lipinski definition) is 3. The van der Waals surface area contributed by atoms with Crippen molar-refractivity contribution in [2.24, 2.45) is 0 Å². The third-order valence-electron chi connectivity index (χ3n) is 2.05. The number of alkyl halides is 7. The second kappa shape index (κ2) is 5.87. The Kier molecular flexibility index (Phi) is 4.86. The van der Waals surface area contributed by atoms with Gasteiger partial charge in [0, 0.05) is 10.9 Å². The molecule has 20 heavy (non-hydrogen) atoms. The molecule has 0 amide bonds. The smallest absolute Gasteiger partial charge is 0.388 e. The second-order valence-electron chi connectivity index (χ2n) is 3.46. The molecule has 1 rings (SSSR count). The third-order valence-corrected chi connectivity index (χ3v) is 2.59. The number of nitriles is 1. The fourth-order valence-electron chi connectivity index (χ4n) is 1.33. The second-order valence-corrected chi connectivity index (χ2v) is 4.02. The van der Waals surface area contributed by atoms with Crippen molar-refractivity contribution >= 4 is 15.9 Å². The topological polar surface area (TPSA) is 45.9 Å². The Morgan fingerprint density at radius 3 is 2.25 bits per heavy atom. The predicted molar refractivity (Wildman–Crippen MR) is 57.9 cm³/mol. The molecular weight excluding hydrogens is 358 g/mol. The lowest BCUT2D eigenvalue weighted by Crippen LogP contribution is -2.21. The van der Waals surface area contributed by atoms with Crippen LogP contribution in [0.3, 0.4) is 0 Å². The molecule has 110 valence electrons. The van der Waals surface area contributed by atoms with E-state index in [0.717, 1.165) is 0 Å². The van der Waals surface area contributed by atoms with Gasteiger partial charge in [-0.1, -0.05) is 15.9 Å². The van der Waals surface area contributed by atoms with Crippen molar-refractivity contribution in [3.8, 4) is 11.9 Å². The fourth-order valence-corrected chi connectivity index (χ4v) is 1.76. The Hall–Kier alpha value is -1.50. The minimum absolute atomic E-state index is 0.414. The maximum Gasteiger partial charge on any atom is 0.574 e. The molecule has 0 radical (unpaired) electrons. The first kappa shape index (κ1) is 16.6. The van der Waals surface area contributed by atoms with Gasteiger partial charge in [0.2, 0.25) is 5.88 Å². The summed E-state index contributed by atoms with van der Waals surface area (Å²) < 4.78 is 78.2. The number of hydrogen-bond donors (Lipinski definition) is 0. The van der Waals surface area contributed by atoms with Crippen LogP contribution in [0.4, 0.5) is 26.3 Å². The SMILES string of the molecule is N#CCc1cc(C(F)(F)F)c(CBr)nc1OC(F)(F)F. The Bertz CT molecular complexity index is 534. The van der Waals surface area contributed by atoms with E-state index in [9.17, 15) is 26.3 Å². The van der Waals surface area contributed by atoms with E-state index in [1.165, 1.54) is 6.07 Å². The van der Waals surface area contributed by atoms with Gasteiger partial charge in [0.25, 0.3) is 0 Å². The molecule has 0 saturated carbocycles. The zero-order valence-electron chi connectivity index (χ0n) is 9.44. The normalized spacial score (nSPS) is 12.1. The fraction of sp³-hybridized carbons (Fsp3) is 0.400. The van der Waals surface area contributed by atoms with Gasteiger partial charge in [-0.3, -0.25) is 0 Å². The molecule has 0 bridgehead atoms. The number of aromatic nitrogens is 1. The van der Waals surface area contributed by atoms with Crippen molar-refractivity contribution in [2.45, 2.75) is 24.3 Å². The summed E-state index contributed by atoms with van der Waals surface area (Å²) >= 11 is 2.71. The van der Waals surface area contributed by atoms with E-state index in [4.69, 9.17) is 5.26 Å². The highest BCUT2D eigenvalue weighted by Gasteiger charge is 2.37. The van der Waals surface area contributed by atoms with E-state index in [0.29, 0.717) is 6.07 Å². The molecule has 0 saturated heterocycles. The summed E-state index contributed by atoms with van der Waals surface area (Å²) in [5.74, 6) is -1.05. The lowest BCUT2D eigenvalue weighted by molar-refractivity contribution is -0.276.